The Labute approximate surface area is 97.9 Å². The first kappa shape index (κ1) is 12.5. The molecule has 2 nitrogen and oxygen atoms in total. The minimum Gasteiger partial charge on any atom is -0.275 e. The van der Waals surface area contributed by atoms with E-state index in [0.717, 1.165) is 5.69 Å². The van der Waals surface area contributed by atoms with E-state index in [1.807, 2.05) is 37.8 Å². The zero-order chi connectivity index (χ0) is 12.1. The lowest BCUT2D eigenvalue weighted by molar-refractivity contribution is 0.770. The van der Waals surface area contributed by atoms with E-state index in [1.54, 1.807) is 0 Å². The molecule has 1 aromatic carbocycles. The fourth-order valence-corrected chi connectivity index (χ4v) is 1.59. The summed E-state index contributed by atoms with van der Waals surface area (Å²) >= 11 is 0. The summed E-state index contributed by atoms with van der Waals surface area (Å²) in [6.45, 7) is 8.26. The monoisotopic (exact) mass is 216 g/mol. The minimum absolute atomic E-state index is 1.05. The highest BCUT2D eigenvalue weighted by Crippen LogP contribution is 2.23. The fraction of sp³-hybridized carbons (Fsp3) is 0.357. The molecule has 0 spiro atoms. The highest BCUT2D eigenvalue weighted by atomic mass is 15.2. The molecule has 0 saturated heterocycles. The van der Waals surface area contributed by atoms with E-state index >= 15 is 0 Å². The van der Waals surface area contributed by atoms with Gasteiger partial charge in [-0.25, -0.2) is 0 Å². The molecule has 0 fully saturated rings. The first-order valence-corrected chi connectivity index (χ1v) is 5.75. The predicted octanol–water partition coefficient (Wildman–Crippen LogP) is 3.73. The number of hydrogen-bond acceptors (Lipinski definition) is 1. The third-order valence-corrected chi connectivity index (χ3v) is 2.59. The lowest BCUT2D eigenvalue weighted by Crippen LogP contribution is -1.90. The Bertz CT molecular complexity index is 456. The maximum absolute atomic E-state index is 4.40. The van der Waals surface area contributed by atoms with E-state index in [0.29, 0.717) is 0 Å². The van der Waals surface area contributed by atoms with Crippen LogP contribution in [0.15, 0.2) is 30.5 Å². The van der Waals surface area contributed by atoms with Gasteiger partial charge in [-0.3, -0.25) is 4.68 Å². The topological polar surface area (TPSA) is 17.8 Å². The summed E-state index contributed by atoms with van der Waals surface area (Å²) in [5.41, 5.74) is 4.90. The Hall–Kier alpha value is -1.57. The van der Waals surface area contributed by atoms with E-state index in [4.69, 9.17) is 0 Å². The second-order valence-corrected chi connectivity index (χ2v) is 3.62. The molecule has 2 heteroatoms. The van der Waals surface area contributed by atoms with Crippen LogP contribution in [0, 0.1) is 13.8 Å². The first-order valence-electron chi connectivity index (χ1n) is 5.75. The molecule has 0 bridgehead atoms. The minimum atomic E-state index is 1.05. The number of aromatic nitrogens is 2. The van der Waals surface area contributed by atoms with E-state index in [9.17, 15) is 0 Å². The van der Waals surface area contributed by atoms with Crippen molar-refractivity contribution in [2.45, 2.75) is 27.7 Å². The standard InChI is InChI=1S/C12H14N2.C2H6/c1-9-5-4-6-11(10(9)2)12-7-8-14(3)13-12;1-2/h4-8H,1-3H3;1-2H3. The molecule has 86 valence electrons. The van der Waals surface area contributed by atoms with Crippen LogP contribution in [0.4, 0.5) is 0 Å². The molecule has 1 heterocycles. The fourth-order valence-electron chi connectivity index (χ4n) is 1.59. The van der Waals surface area contributed by atoms with Crippen molar-refractivity contribution < 1.29 is 0 Å². The lowest BCUT2D eigenvalue weighted by atomic mass is 10.0. The molecule has 0 aliphatic heterocycles. The van der Waals surface area contributed by atoms with Gasteiger partial charge in [0.05, 0.1) is 5.69 Å². The second-order valence-electron chi connectivity index (χ2n) is 3.62. The van der Waals surface area contributed by atoms with Crippen molar-refractivity contribution >= 4 is 0 Å². The predicted molar refractivity (Wildman–Crippen MR) is 69.5 cm³/mol. The van der Waals surface area contributed by atoms with Crippen LogP contribution in [0.2, 0.25) is 0 Å². The van der Waals surface area contributed by atoms with Crippen molar-refractivity contribution in [3.8, 4) is 11.3 Å². The van der Waals surface area contributed by atoms with Gasteiger partial charge in [-0.1, -0.05) is 32.0 Å². The molecule has 0 unspecified atom stereocenters. The normalized spacial score (nSPS) is 9.56. The first-order chi connectivity index (χ1) is 7.68. The Morgan fingerprint density at radius 3 is 2.31 bits per heavy atom. The molecular formula is C14H20N2. The maximum Gasteiger partial charge on any atom is 0.0925 e. The van der Waals surface area contributed by atoms with Crippen molar-refractivity contribution in [1.82, 2.24) is 9.78 Å². The second kappa shape index (κ2) is 5.50. The van der Waals surface area contributed by atoms with Gasteiger partial charge in [-0.2, -0.15) is 5.10 Å². The number of rotatable bonds is 1. The van der Waals surface area contributed by atoms with Crippen LogP contribution in [0.1, 0.15) is 25.0 Å². The zero-order valence-electron chi connectivity index (χ0n) is 10.8. The summed E-state index contributed by atoms with van der Waals surface area (Å²) in [5, 5.41) is 4.40. The number of hydrogen-bond donors (Lipinski definition) is 0. The van der Waals surface area contributed by atoms with E-state index in [-0.39, 0.29) is 0 Å². The highest BCUT2D eigenvalue weighted by molar-refractivity contribution is 5.64. The third-order valence-electron chi connectivity index (χ3n) is 2.59. The Morgan fingerprint density at radius 2 is 1.75 bits per heavy atom. The van der Waals surface area contributed by atoms with E-state index < -0.39 is 0 Å². The van der Waals surface area contributed by atoms with Gasteiger partial charge in [0.15, 0.2) is 0 Å². The van der Waals surface area contributed by atoms with Gasteiger partial charge >= 0.3 is 0 Å². The Balaban J connectivity index is 0.000000606. The molecule has 2 rings (SSSR count). The summed E-state index contributed by atoms with van der Waals surface area (Å²) in [6.07, 6.45) is 1.97. The van der Waals surface area contributed by atoms with Crippen molar-refractivity contribution in [2.24, 2.45) is 7.05 Å². The lowest BCUT2D eigenvalue weighted by Gasteiger charge is -2.05. The van der Waals surface area contributed by atoms with Gasteiger partial charge in [0, 0.05) is 18.8 Å². The third kappa shape index (κ3) is 2.51. The molecule has 0 aliphatic carbocycles. The van der Waals surface area contributed by atoms with Gasteiger partial charge in [-0.05, 0) is 31.0 Å². The summed E-state index contributed by atoms with van der Waals surface area (Å²) in [6, 6.07) is 8.36. The van der Waals surface area contributed by atoms with Crippen molar-refractivity contribution in [2.75, 3.05) is 0 Å². The van der Waals surface area contributed by atoms with Crippen molar-refractivity contribution in [1.29, 1.82) is 0 Å². The largest absolute Gasteiger partial charge is 0.275 e. The van der Waals surface area contributed by atoms with E-state index in [2.05, 4.69) is 37.1 Å². The molecule has 0 N–H and O–H groups in total. The van der Waals surface area contributed by atoms with Gasteiger partial charge in [0.2, 0.25) is 0 Å². The van der Waals surface area contributed by atoms with Crippen LogP contribution in [0.3, 0.4) is 0 Å². The Kier molecular flexibility index (Phi) is 4.29. The van der Waals surface area contributed by atoms with E-state index in [1.165, 1.54) is 16.7 Å². The van der Waals surface area contributed by atoms with Gasteiger partial charge < -0.3 is 0 Å². The highest BCUT2D eigenvalue weighted by Gasteiger charge is 2.05. The van der Waals surface area contributed by atoms with Crippen molar-refractivity contribution in [3.05, 3.63) is 41.6 Å². The van der Waals surface area contributed by atoms with Crippen LogP contribution in [-0.2, 0) is 7.05 Å². The van der Waals surface area contributed by atoms with Crippen molar-refractivity contribution in [3.63, 3.8) is 0 Å². The molecule has 2 aromatic rings. The number of aryl methyl sites for hydroxylation is 2. The molecule has 16 heavy (non-hydrogen) atoms. The zero-order valence-corrected chi connectivity index (χ0v) is 10.8. The molecule has 0 radical (unpaired) electrons. The van der Waals surface area contributed by atoms with Crippen LogP contribution < -0.4 is 0 Å². The Morgan fingerprint density at radius 1 is 1.06 bits per heavy atom. The van der Waals surface area contributed by atoms with Crippen LogP contribution in [0.25, 0.3) is 11.3 Å². The SMILES string of the molecule is CC.Cc1cccc(-c2ccn(C)n2)c1C. The van der Waals surface area contributed by atoms with Crippen LogP contribution in [-0.4, -0.2) is 9.78 Å². The summed E-state index contributed by atoms with van der Waals surface area (Å²) in [5.74, 6) is 0. The average molecular weight is 216 g/mol. The van der Waals surface area contributed by atoms with Crippen LogP contribution >= 0.6 is 0 Å². The number of nitrogens with zero attached hydrogens (tertiary/aromatic N) is 2. The van der Waals surface area contributed by atoms with Gasteiger partial charge in [0.1, 0.15) is 0 Å². The molecule has 0 amide bonds. The average Bonchev–Trinajstić information content (AvgIpc) is 2.72. The van der Waals surface area contributed by atoms with Gasteiger partial charge in [0.25, 0.3) is 0 Å². The summed E-state index contributed by atoms with van der Waals surface area (Å²) in [4.78, 5) is 0. The quantitative estimate of drug-likeness (QED) is 0.710. The summed E-state index contributed by atoms with van der Waals surface area (Å²) < 4.78 is 1.83. The number of benzene rings is 1. The maximum atomic E-state index is 4.40. The smallest absolute Gasteiger partial charge is 0.0925 e. The molecule has 0 atom stereocenters. The molecular weight excluding hydrogens is 196 g/mol. The molecule has 1 aromatic heterocycles. The van der Waals surface area contributed by atoms with Gasteiger partial charge in [-0.15, -0.1) is 0 Å². The molecule has 0 aliphatic rings. The molecule has 0 saturated carbocycles. The summed E-state index contributed by atoms with van der Waals surface area (Å²) in [7, 11) is 1.94. The van der Waals surface area contributed by atoms with Crippen LogP contribution in [0.5, 0.6) is 0 Å².